The van der Waals surface area contributed by atoms with Gasteiger partial charge in [-0.25, -0.2) is 4.68 Å². The molecule has 0 radical (unpaired) electrons. The number of benzene rings is 2. The quantitative estimate of drug-likeness (QED) is 0.385. The van der Waals surface area contributed by atoms with Gasteiger partial charge in [0.2, 0.25) is 0 Å². The largest absolute Gasteiger partial charge is 0.484 e. The monoisotopic (exact) mass is 493 g/mol. The van der Waals surface area contributed by atoms with Gasteiger partial charge in [0, 0.05) is 34.8 Å². The van der Waals surface area contributed by atoms with Crippen LogP contribution < -0.4 is 10.1 Å². The summed E-state index contributed by atoms with van der Waals surface area (Å²) in [6, 6.07) is 17.1. The molecule has 0 spiro atoms. The molecule has 1 N–H and O–H groups in total. The topological polar surface area (TPSA) is 102 Å². The number of aryl methyl sites for hydroxylation is 1. The fraction of sp³-hybridized carbons (Fsp3) is 0.241. The van der Waals surface area contributed by atoms with Gasteiger partial charge in [-0.15, -0.1) is 0 Å². The van der Waals surface area contributed by atoms with Crippen LogP contribution in [0.2, 0.25) is 0 Å². The van der Waals surface area contributed by atoms with Crippen molar-refractivity contribution in [3.63, 3.8) is 0 Å². The number of nitrogens with zero attached hydrogens (tertiary/aromatic N) is 4. The number of anilines is 1. The molecule has 3 heterocycles. The molecule has 4 aromatic rings. The number of nitrogens with one attached hydrogen (secondary N) is 1. The van der Waals surface area contributed by atoms with Gasteiger partial charge in [-0.3, -0.25) is 9.78 Å². The van der Waals surface area contributed by atoms with Crippen LogP contribution in [-0.4, -0.2) is 40.0 Å². The number of amides is 1. The molecule has 0 saturated carbocycles. The third kappa shape index (κ3) is 5.22. The highest BCUT2D eigenvalue weighted by atomic mass is 16.6. The zero-order valence-electron chi connectivity index (χ0n) is 20.9. The third-order valence-electron chi connectivity index (χ3n) is 6.38. The van der Waals surface area contributed by atoms with E-state index >= 15 is 0 Å². The van der Waals surface area contributed by atoms with Gasteiger partial charge in [0.05, 0.1) is 42.8 Å². The van der Waals surface area contributed by atoms with Gasteiger partial charge in [0.1, 0.15) is 11.9 Å². The second kappa shape index (κ2) is 9.88. The summed E-state index contributed by atoms with van der Waals surface area (Å²) >= 11 is 0. The minimum Gasteiger partial charge on any atom is -0.484 e. The van der Waals surface area contributed by atoms with Gasteiger partial charge in [0.15, 0.2) is 0 Å². The maximum atomic E-state index is 13.0. The molecule has 0 bridgehead atoms. The molecule has 8 heteroatoms. The maximum absolute atomic E-state index is 13.0. The Hall–Kier alpha value is -4.48. The number of rotatable bonds is 7. The molecule has 5 rings (SSSR count). The number of pyridine rings is 1. The molecule has 8 nitrogen and oxygen atoms in total. The van der Waals surface area contributed by atoms with E-state index in [0.29, 0.717) is 30.2 Å². The second-order valence-corrected chi connectivity index (χ2v) is 9.63. The lowest BCUT2D eigenvalue weighted by molar-refractivity contribution is -0.0797. The molecular formula is C29H27N5O3. The van der Waals surface area contributed by atoms with Gasteiger partial charge < -0.3 is 14.8 Å². The van der Waals surface area contributed by atoms with E-state index in [4.69, 9.17) is 9.47 Å². The van der Waals surface area contributed by atoms with Crippen LogP contribution in [-0.2, 0) is 10.2 Å². The van der Waals surface area contributed by atoms with Crippen molar-refractivity contribution < 1.29 is 14.3 Å². The maximum Gasteiger partial charge on any atom is 0.255 e. The summed E-state index contributed by atoms with van der Waals surface area (Å²) in [5, 5.41) is 17.0. The fourth-order valence-corrected chi connectivity index (χ4v) is 3.97. The van der Waals surface area contributed by atoms with Crippen LogP contribution in [0.15, 0.2) is 73.3 Å². The first-order valence-electron chi connectivity index (χ1n) is 12.0. The molecule has 37 heavy (non-hydrogen) atoms. The highest BCUT2D eigenvalue weighted by Gasteiger charge is 2.22. The Morgan fingerprint density at radius 2 is 1.97 bits per heavy atom. The van der Waals surface area contributed by atoms with Crippen molar-refractivity contribution in [2.45, 2.75) is 32.3 Å². The number of ether oxygens (including phenoxy) is 2. The Balaban J connectivity index is 1.35. The average Bonchev–Trinajstić information content (AvgIpc) is 3.38. The standard InChI is InChI=1S/C29H27N5O3/c1-19-7-8-24(33-28(35)20-5-4-6-23(9-20)29(2,3)18-30)11-27(19)34-15-22(13-32-34)21-10-25(14-31-12-21)37-26-16-36-17-26/h4-15,26H,16-17H2,1-3H3,(H,33,35). The van der Waals surface area contributed by atoms with Gasteiger partial charge in [-0.05, 0) is 62.2 Å². The molecule has 1 saturated heterocycles. The van der Waals surface area contributed by atoms with Crippen molar-refractivity contribution in [1.82, 2.24) is 14.8 Å². The van der Waals surface area contributed by atoms with E-state index in [1.165, 1.54) is 0 Å². The van der Waals surface area contributed by atoms with Crippen LogP contribution in [0.25, 0.3) is 16.8 Å². The molecule has 1 aliphatic heterocycles. The Bertz CT molecular complexity index is 1500. The molecule has 0 unspecified atom stereocenters. The van der Waals surface area contributed by atoms with Crippen LogP contribution in [0.1, 0.15) is 35.3 Å². The van der Waals surface area contributed by atoms with Crippen molar-refractivity contribution in [1.29, 1.82) is 5.26 Å². The summed E-state index contributed by atoms with van der Waals surface area (Å²) in [6.07, 6.45) is 7.24. The Labute approximate surface area is 215 Å². The predicted molar refractivity (Wildman–Crippen MR) is 140 cm³/mol. The minimum absolute atomic E-state index is 0.0701. The van der Waals surface area contributed by atoms with Crippen molar-refractivity contribution in [2.24, 2.45) is 0 Å². The third-order valence-corrected chi connectivity index (χ3v) is 6.38. The van der Waals surface area contributed by atoms with Crippen molar-refractivity contribution >= 4 is 11.6 Å². The number of aromatic nitrogens is 3. The lowest BCUT2D eigenvalue weighted by Gasteiger charge is -2.26. The van der Waals surface area contributed by atoms with E-state index in [2.05, 4.69) is 21.5 Å². The number of hydrogen-bond donors (Lipinski definition) is 1. The zero-order chi connectivity index (χ0) is 26.0. The number of carbonyl (C=O) groups is 1. The molecule has 2 aromatic carbocycles. The smallest absolute Gasteiger partial charge is 0.255 e. The van der Waals surface area contributed by atoms with E-state index in [9.17, 15) is 10.1 Å². The van der Waals surface area contributed by atoms with Gasteiger partial charge in [0.25, 0.3) is 5.91 Å². The highest BCUT2D eigenvalue weighted by Crippen LogP contribution is 2.27. The van der Waals surface area contributed by atoms with E-state index < -0.39 is 5.41 Å². The lowest BCUT2D eigenvalue weighted by Crippen LogP contribution is -2.38. The molecular weight excluding hydrogens is 466 g/mol. The van der Waals surface area contributed by atoms with E-state index in [-0.39, 0.29) is 12.0 Å². The van der Waals surface area contributed by atoms with Crippen molar-refractivity contribution in [3.05, 3.63) is 90.0 Å². The second-order valence-electron chi connectivity index (χ2n) is 9.63. The average molecular weight is 494 g/mol. The summed E-state index contributed by atoms with van der Waals surface area (Å²) in [5.74, 6) is 0.452. The first kappa shape index (κ1) is 24.2. The summed E-state index contributed by atoms with van der Waals surface area (Å²) in [4.78, 5) is 17.3. The van der Waals surface area contributed by atoms with E-state index in [0.717, 1.165) is 27.9 Å². The molecule has 1 fully saturated rings. The van der Waals surface area contributed by atoms with Crippen LogP contribution in [0.3, 0.4) is 0 Å². The normalized spacial score (nSPS) is 13.5. The molecule has 186 valence electrons. The number of nitriles is 1. The number of hydrogen-bond acceptors (Lipinski definition) is 6. The summed E-state index contributed by atoms with van der Waals surface area (Å²) in [6.45, 7) is 6.84. The van der Waals surface area contributed by atoms with Crippen molar-refractivity contribution in [2.75, 3.05) is 18.5 Å². The van der Waals surface area contributed by atoms with Crippen molar-refractivity contribution in [3.8, 4) is 28.6 Å². The summed E-state index contributed by atoms with van der Waals surface area (Å²) < 4.78 is 12.8. The van der Waals surface area contributed by atoms with Crippen LogP contribution in [0.5, 0.6) is 5.75 Å². The zero-order valence-corrected chi connectivity index (χ0v) is 20.9. The van der Waals surface area contributed by atoms with Gasteiger partial charge in [-0.1, -0.05) is 18.2 Å². The Morgan fingerprint density at radius 1 is 1.14 bits per heavy atom. The van der Waals surface area contributed by atoms with Crippen LogP contribution >= 0.6 is 0 Å². The molecule has 0 atom stereocenters. The van der Waals surface area contributed by atoms with Gasteiger partial charge >= 0.3 is 0 Å². The SMILES string of the molecule is Cc1ccc(NC(=O)c2cccc(C(C)(C)C#N)c2)cc1-n1cc(-c2cncc(OC3COC3)c2)cn1. The van der Waals surface area contributed by atoms with E-state index in [1.807, 2.05) is 57.3 Å². The summed E-state index contributed by atoms with van der Waals surface area (Å²) in [5.41, 5.74) is 4.89. The van der Waals surface area contributed by atoms with E-state index in [1.54, 1.807) is 41.5 Å². The fourth-order valence-electron chi connectivity index (χ4n) is 3.97. The van der Waals surface area contributed by atoms with Crippen LogP contribution in [0, 0.1) is 18.3 Å². The predicted octanol–water partition coefficient (Wildman–Crippen LogP) is 5.07. The number of carbonyl (C=O) groups excluding carboxylic acids is 1. The molecule has 2 aromatic heterocycles. The first-order valence-corrected chi connectivity index (χ1v) is 12.0. The highest BCUT2D eigenvalue weighted by molar-refractivity contribution is 6.04. The lowest BCUT2D eigenvalue weighted by atomic mass is 9.85. The molecule has 1 aliphatic rings. The Morgan fingerprint density at radius 3 is 2.73 bits per heavy atom. The molecule has 1 amide bonds. The van der Waals surface area contributed by atoms with Gasteiger partial charge in [-0.2, -0.15) is 10.4 Å². The molecule has 0 aliphatic carbocycles. The minimum atomic E-state index is -0.683. The van der Waals surface area contributed by atoms with Crippen LogP contribution in [0.4, 0.5) is 5.69 Å². The summed E-state index contributed by atoms with van der Waals surface area (Å²) in [7, 11) is 0. The first-order chi connectivity index (χ1) is 17.8. The Kier molecular flexibility index (Phi) is 6.47.